The van der Waals surface area contributed by atoms with E-state index < -0.39 is 10.0 Å². The first kappa shape index (κ1) is 25.0. The zero-order chi connectivity index (χ0) is 24.7. The Labute approximate surface area is 200 Å². The van der Waals surface area contributed by atoms with Gasteiger partial charge < -0.3 is 14.8 Å². The number of carbonyl (C=O) groups is 1. The van der Waals surface area contributed by atoms with Gasteiger partial charge in [-0.25, -0.2) is 8.42 Å². The molecule has 0 radical (unpaired) electrons. The van der Waals surface area contributed by atoms with Crippen LogP contribution in [-0.2, 0) is 10.0 Å². The standard InChI is InChI=1S/C25H29N3O5S/c1-17(2)16-33-23-10-7-20(15-24(23)32-4)18(3)27-25(29)19-5-8-22(9-6-19)34(30,31)28-21-11-13-26-14-12-21/h5-15,17-18H,16H2,1-4H3,(H,26,28)(H,27,29). The van der Waals surface area contributed by atoms with Crippen LogP contribution in [0.25, 0.3) is 0 Å². The van der Waals surface area contributed by atoms with E-state index in [0.29, 0.717) is 35.3 Å². The van der Waals surface area contributed by atoms with Crippen LogP contribution in [0, 0.1) is 5.92 Å². The average Bonchev–Trinajstić information content (AvgIpc) is 2.83. The van der Waals surface area contributed by atoms with Crippen LogP contribution in [0.5, 0.6) is 11.5 Å². The zero-order valence-electron chi connectivity index (χ0n) is 19.6. The predicted octanol–water partition coefficient (Wildman–Crippen LogP) is 4.42. The number of rotatable bonds is 10. The molecule has 1 atom stereocenters. The summed E-state index contributed by atoms with van der Waals surface area (Å²) >= 11 is 0. The van der Waals surface area contributed by atoms with Crippen molar-refractivity contribution < 1.29 is 22.7 Å². The molecule has 1 amide bonds. The van der Waals surface area contributed by atoms with Gasteiger partial charge >= 0.3 is 0 Å². The Balaban J connectivity index is 1.67. The molecule has 2 N–H and O–H groups in total. The summed E-state index contributed by atoms with van der Waals surface area (Å²) in [4.78, 5) is 16.7. The van der Waals surface area contributed by atoms with Crippen LogP contribution in [0.1, 0.15) is 42.7 Å². The molecular weight excluding hydrogens is 454 g/mol. The monoisotopic (exact) mass is 483 g/mol. The highest BCUT2D eigenvalue weighted by Crippen LogP contribution is 2.30. The highest BCUT2D eigenvalue weighted by Gasteiger charge is 2.17. The van der Waals surface area contributed by atoms with Gasteiger partial charge in [-0.1, -0.05) is 19.9 Å². The van der Waals surface area contributed by atoms with Crippen molar-refractivity contribution in [2.75, 3.05) is 18.4 Å². The van der Waals surface area contributed by atoms with Gasteiger partial charge in [-0.15, -0.1) is 0 Å². The quantitative estimate of drug-likeness (QED) is 0.442. The first-order valence-electron chi connectivity index (χ1n) is 10.8. The van der Waals surface area contributed by atoms with Crippen LogP contribution >= 0.6 is 0 Å². The van der Waals surface area contributed by atoms with Crippen LogP contribution in [0.3, 0.4) is 0 Å². The molecule has 2 aromatic carbocycles. The summed E-state index contributed by atoms with van der Waals surface area (Å²) in [5, 5.41) is 2.92. The molecule has 1 unspecified atom stereocenters. The maximum absolute atomic E-state index is 12.7. The molecule has 0 aliphatic rings. The van der Waals surface area contributed by atoms with Crippen molar-refractivity contribution in [1.29, 1.82) is 0 Å². The highest BCUT2D eigenvalue weighted by molar-refractivity contribution is 7.92. The molecule has 0 bridgehead atoms. The molecule has 3 rings (SSSR count). The number of anilines is 1. The number of carbonyl (C=O) groups excluding carboxylic acids is 1. The highest BCUT2D eigenvalue weighted by atomic mass is 32.2. The molecule has 9 heteroatoms. The van der Waals surface area contributed by atoms with E-state index in [-0.39, 0.29) is 16.8 Å². The molecule has 0 aliphatic carbocycles. The lowest BCUT2D eigenvalue weighted by Gasteiger charge is -2.18. The van der Waals surface area contributed by atoms with Gasteiger partial charge in [0.1, 0.15) is 0 Å². The van der Waals surface area contributed by atoms with Crippen molar-refractivity contribution >= 4 is 21.6 Å². The SMILES string of the molecule is COc1cc(C(C)NC(=O)c2ccc(S(=O)(=O)Nc3ccncc3)cc2)ccc1OCC(C)C. The van der Waals surface area contributed by atoms with Crippen molar-refractivity contribution in [2.45, 2.75) is 31.7 Å². The summed E-state index contributed by atoms with van der Waals surface area (Å²) in [6.45, 7) is 6.57. The number of nitrogens with zero attached hydrogens (tertiary/aromatic N) is 1. The maximum Gasteiger partial charge on any atom is 0.261 e. The van der Waals surface area contributed by atoms with Crippen LogP contribution in [-0.4, -0.2) is 33.0 Å². The maximum atomic E-state index is 12.7. The van der Waals surface area contributed by atoms with Gasteiger partial charge in [0.05, 0.1) is 30.3 Å². The lowest BCUT2D eigenvalue weighted by Crippen LogP contribution is -2.26. The van der Waals surface area contributed by atoms with Crippen LogP contribution in [0.4, 0.5) is 5.69 Å². The van der Waals surface area contributed by atoms with E-state index in [1.54, 1.807) is 19.2 Å². The summed E-state index contributed by atoms with van der Waals surface area (Å²) in [7, 11) is -2.21. The first-order valence-corrected chi connectivity index (χ1v) is 12.3. The number of benzene rings is 2. The summed E-state index contributed by atoms with van der Waals surface area (Å²) in [6, 6.07) is 14.1. The number of methoxy groups -OCH3 is 1. The first-order chi connectivity index (χ1) is 16.2. The molecule has 180 valence electrons. The fraction of sp³-hybridized carbons (Fsp3) is 0.280. The van der Waals surface area contributed by atoms with E-state index in [4.69, 9.17) is 9.47 Å². The van der Waals surface area contributed by atoms with E-state index in [1.807, 2.05) is 25.1 Å². The Morgan fingerprint density at radius 2 is 1.65 bits per heavy atom. The molecular formula is C25H29N3O5S. The van der Waals surface area contributed by atoms with Crippen molar-refractivity contribution in [3.8, 4) is 11.5 Å². The number of amides is 1. The third-order valence-corrected chi connectivity index (χ3v) is 6.36. The Morgan fingerprint density at radius 1 is 0.971 bits per heavy atom. The minimum absolute atomic E-state index is 0.0515. The zero-order valence-corrected chi connectivity index (χ0v) is 20.4. The second kappa shape index (κ2) is 11.0. The van der Waals surface area contributed by atoms with Gasteiger partial charge in [0.15, 0.2) is 11.5 Å². The van der Waals surface area contributed by atoms with E-state index in [0.717, 1.165) is 5.56 Å². The van der Waals surface area contributed by atoms with E-state index in [2.05, 4.69) is 28.9 Å². The fourth-order valence-corrected chi connectivity index (χ4v) is 4.17. The largest absolute Gasteiger partial charge is 0.493 e. The summed E-state index contributed by atoms with van der Waals surface area (Å²) in [5.74, 6) is 1.30. The van der Waals surface area contributed by atoms with Crippen molar-refractivity contribution in [3.05, 3.63) is 78.1 Å². The lowest BCUT2D eigenvalue weighted by atomic mass is 10.1. The van der Waals surface area contributed by atoms with Gasteiger partial charge in [0, 0.05) is 18.0 Å². The van der Waals surface area contributed by atoms with Crippen LogP contribution in [0.15, 0.2) is 71.9 Å². The molecule has 0 fully saturated rings. The number of sulfonamides is 1. The normalized spacial score (nSPS) is 12.1. The Hall–Kier alpha value is -3.59. The van der Waals surface area contributed by atoms with E-state index in [1.165, 1.54) is 36.7 Å². The van der Waals surface area contributed by atoms with Crippen molar-refractivity contribution in [3.63, 3.8) is 0 Å². The summed E-state index contributed by atoms with van der Waals surface area (Å²) in [6.07, 6.45) is 2.99. The number of pyridine rings is 1. The molecule has 0 spiro atoms. The number of hydrogen-bond acceptors (Lipinski definition) is 6. The van der Waals surface area contributed by atoms with Gasteiger partial charge in [-0.05, 0) is 66.9 Å². The molecule has 1 aromatic heterocycles. The van der Waals surface area contributed by atoms with Gasteiger partial charge in [0.2, 0.25) is 0 Å². The minimum atomic E-state index is -3.78. The van der Waals surface area contributed by atoms with Gasteiger partial charge in [0.25, 0.3) is 15.9 Å². The molecule has 0 saturated carbocycles. The Bertz CT molecular complexity index is 1210. The molecule has 3 aromatic rings. The van der Waals surface area contributed by atoms with Gasteiger partial charge in [-0.3, -0.25) is 14.5 Å². The summed E-state index contributed by atoms with van der Waals surface area (Å²) < 4.78 is 38.8. The van der Waals surface area contributed by atoms with Crippen LogP contribution in [0.2, 0.25) is 0 Å². The number of hydrogen-bond donors (Lipinski definition) is 2. The smallest absolute Gasteiger partial charge is 0.261 e. The fourth-order valence-electron chi connectivity index (χ4n) is 3.11. The third-order valence-electron chi connectivity index (χ3n) is 4.97. The second-order valence-corrected chi connectivity index (χ2v) is 9.86. The molecule has 8 nitrogen and oxygen atoms in total. The lowest BCUT2D eigenvalue weighted by molar-refractivity contribution is 0.0939. The summed E-state index contributed by atoms with van der Waals surface area (Å²) in [5.41, 5.74) is 1.60. The van der Waals surface area contributed by atoms with Crippen molar-refractivity contribution in [2.24, 2.45) is 5.92 Å². The topological polar surface area (TPSA) is 107 Å². The molecule has 0 aliphatic heterocycles. The molecule has 0 saturated heterocycles. The van der Waals surface area contributed by atoms with E-state index >= 15 is 0 Å². The average molecular weight is 484 g/mol. The van der Waals surface area contributed by atoms with E-state index in [9.17, 15) is 13.2 Å². The van der Waals surface area contributed by atoms with Gasteiger partial charge in [-0.2, -0.15) is 0 Å². The number of ether oxygens (including phenoxy) is 2. The number of aromatic nitrogens is 1. The predicted molar refractivity (Wildman–Crippen MR) is 131 cm³/mol. The number of nitrogens with one attached hydrogen (secondary N) is 2. The minimum Gasteiger partial charge on any atom is -0.493 e. The van der Waals surface area contributed by atoms with Crippen molar-refractivity contribution in [1.82, 2.24) is 10.3 Å². The Kier molecular flexibility index (Phi) is 8.12. The van der Waals surface area contributed by atoms with Crippen LogP contribution < -0.4 is 19.5 Å². The Morgan fingerprint density at radius 3 is 2.26 bits per heavy atom. The second-order valence-electron chi connectivity index (χ2n) is 8.18. The molecule has 1 heterocycles. The molecule has 34 heavy (non-hydrogen) atoms. The third kappa shape index (κ3) is 6.48.